The lowest BCUT2D eigenvalue weighted by molar-refractivity contribution is 0.347. The first-order valence-electron chi connectivity index (χ1n) is 5.48. The van der Waals surface area contributed by atoms with Crippen LogP contribution in [0, 0.1) is 0 Å². The lowest BCUT2D eigenvalue weighted by atomic mass is 10.2. The van der Waals surface area contributed by atoms with Crippen molar-refractivity contribution in [2.75, 3.05) is 18.6 Å². The summed E-state index contributed by atoms with van der Waals surface area (Å²) in [6, 6.07) is 6.37. The first-order chi connectivity index (χ1) is 9.04. The van der Waals surface area contributed by atoms with E-state index in [4.69, 9.17) is 15.4 Å². The predicted octanol–water partition coefficient (Wildman–Crippen LogP) is 2.90. The van der Waals surface area contributed by atoms with Crippen molar-refractivity contribution in [1.82, 2.24) is 4.98 Å². The highest BCUT2D eigenvalue weighted by Gasteiger charge is 2.17. The zero-order valence-electron chi connectivity index (χ0n) is 10.2. The second-order valence-corrected chi connectivity index (χ2v) is 7.26. The summed E-state index contributed by atoms with van der Waals surface area (Å²) in [5, 5.41) is 0.471. The van der Waals surface area contributed by atoms with Gasteiger partial charge in [0.05, 0.1) is 11.5 Å². The number of aromatic nitrogens is 1. The summed E-state index contributed by atoms with van der Waals surface area (Å²) in [5.74, 6) is 1.41. The Kier molecular flexibility index (Phi) is 4.54. The van der Waals surface area contributed by atoms with Crippen LogP contribution in [-0.4, -0.2) is 32.0 Å². The van der Waals surface area contributed by atoms with Crippen molar-refractivity contribution in [3.8, 4) is 5.75 Å². The number of hydrogen-bond acceptors (Lipinski definition) is 5. The van der Waals surface area contributed by atoms with E-state index < -0.39 is 9.05 Å². The zero-order chi connectivity index (χ0) is 13.9. The molecular formula is C12H12ClNO3S2. The van der Waals surface area contributed by atoms with Crippen LogP contribution in [0.1, 0.15) is 0 Å². The minimum absolute atomic E-state index is 0.0504. The fraction of sp³-hybridized carbons (Fsp3) is 0.250. The highest BCUT2D eigenvalue weighted by molar-refractivity contribution is 8.14. The molecule has 0 bridgehead atoms. The summed E-state index contributed by atoms with van der Waals surface area (Å²) < 4.78 is 28.6. The first kappa shape index (κ1) is 14.4. The molecule has 0 amide bonds. The molecule has 2 rings (SSSR count). The predicted molar refractivity (Wildman–Crippen MR) is 78.7 cm³/mol. The summed E-state index contributed by atoms with van der Waals surface area (Å²) in [4.78, 5) is 4.23. The maximum Gasteiger partial charge on any atom is 0.261 e. The lowest BCUT2D eigenvalue weighted by Crippen LogP contribution is -2.02. The maximum absolute atomic E-state index is 11.5. The Bertz CT molecular complexity index is 688. The molecule has 1 aromatic heterocycles. The van der Waals surface area contributed by atoms with E-state index in [1.54, 1.807) is 36.2 Å². The van der Waals surface area contributed by atoms with Gasteiger partial charge in [0, 0.05) is 28.0 Å². The molecule has 102 valence electrons. The topological polar surface area (TPSA) is 56.3 Å². The van der Waals surface area contributed by atoms with Crippen LogP contribution in [0.4, 0.5) is 0 Å². The Hall–Kier alpha value is -0.980. The van der Waals surface area contributed by atoms with E-state index in [9.17, 15) is 8.42 Å². The molecule has 0 aliphatic carbocycles. The molecule has 0 saturated carbocycles. The van der Waals surface area contributed by atoms with Crippen LogP contribution >= 0.6 is 22.4 Å². The molecule has 0 radical (unpaired) electrons. The van der Waals surface area contributed by atoms with Crippen molar-refractivity contribution in [2.24, 2.45) is 0 Å². The molecule has 0 unspecified atom stereocenters. The van der Waals surface area contributed by atoms with Gasteiger partial charge in [-0.25, -0.2) is 8.42 Å². The van der Waals surface area contributed by atoms with Crippen LogP contribution in [0.2, 0.25) is 0 Å². The molecule has 0 aliphatic rings. The van der Waals surface area contributed by atoms with Gasteiger partial charge in [-0.3, -0.25) is 4.98 Å². The van der Waals surface area contributed by atoms with Gasteiger partial charge in [-0.05, 0) is 30.5 Å². The number of halogens is 1. The Morgan fingerprint density at radius 3 is 2.84 bits per heavy atom. The van der Waals surface area contributed by atoms with Gasteiger partial charge >= 0.3 is 0 Å². The zero-order valence-corrected chi connectivity index (χ0v) is 12.6. The lowest BCUT2D eigenvalue weighted by Gasteiger charge is -2.09. The summed E-state index contributed by atoms with van der Waals surface area (Å²) in [7, 11) is 1.62. The van der Waals surface area contributed by atoms with Crippen LogP contribution < -0.4 is 4.74 Å². The molecule has 7 heteroatoms. The molecule has 2 aromatic rings. The van der Waals surface area contributed by atoms with Gasteiger partial charge in [-0.2, -0.15) is 11.8 Å². The Morgan fingerprint density at radius 2 is 2.16 bits per heavy atom. The van der Waals surface area contributed by atoms with Gasteiger partial charge < -0.3 is 4.74 Å². The average Bonchev–Trinajstić information content (AvgIpc) is 2.37. The number of ether oxygens (including phenoxy) is 1. The smallest absolute Gasteiger partial charge is 0.261 e. The minimum atomic E-state index is -3.80. The molecule has 0 fully saturated rings. The molecule has 0 N–H and O–H groups in total. The molecular weight excluding hydrogens is 306 g/mol. The summed E-state index contributed by atoms with van der Waals surface area (Å²) >= 11 is 1.67. The van der Waals surface area contributed by atoms with Gasteiger partial charge in [-0.15, -0.1) is 0 Å². The van der Waals surface area contributed by atoms with E-state index in [2.05, 4.69) is 4.98 Å². The second-order valence-electron chi connectivity index (χ2n) is 3.74. The Balaban J connectivity index is 2.52. The second kappa shape index (κ2) is 5.98. The van der Waals surface area contributed by atoms with E-state index in [1.807, 2.05) is 6.26 Å². The third-order valence-corrected chi connectivity index (χ3v) is 4.46. The third-order valence-electron chi connectivity index (χ3n) is 2.50. The van der Waals surface area contributed by atoms with E-state index in [1.165, 1.54) is 6.07 Å². The maximum atomic E-state index is 11.5. The third kappa shape index (κ3) is 3.32. The van der Waals surface area contributed by atoms with Gasteiger partial charge in [0.2, 0.25) is 0 Å². The number of pyridine rings is 1. The van der Waals surface area contributed by atoms with Crippen LogP contribution in [0.15, 0.2) is 35.4 Å². The van der Waals surface area contributed by atoms with E-state index in [0.29, 0.717) is 23.3 Å². The van der Waals surface area contributed by atoms with Crippen LogP contribution in [0.5, 0.6) is 5.75 Å². The fourth-order valence-electron chi connectivity index (χ4n) is 1.68. The van der Waals surface area contributed by atoms with E-state index in [-0.39, 0.29) is 4.90 Å². The highest BCUT2D eigenvalue weighted by Crippen LogP contribution is 2.31. The molecule has 1 heterocycles. The van der Waals surface area contributed by atoms with Crippen LogP contribution in [-0.2, 0) is 9.05 Å². The number of fused-ring (bicyclic) bond motifs is 1. The van der Waals surface area contributed by atoms with E-state index >= 15 is 0 Å². The van der Waals surface area contributed by atoms with E-state index in [0.717, 1.165) is 5.75 Å². The monoisotopic (exact) mass is 317 g/mol. The fourth-order valence-corrected chi connectivity index (χ4v) is 3.00. The Morgan fingerprint density at radius 1 is 1.37 bits per heavy atom. The van der Waals surface area contributed by atoms with Crippen molar-refractivity contribution in [2.45, 2.75) is 4.90 Å². The number of rotatable bonds is 5. The standard InChI is InChI=1S/C12H12ClNO3S2/c1-18-8-7-17-10-4-5-11(19(13,15)16)9-3-2-6-14-12(9)10/h2-6H,7-8H2,1H3. The number of hydrogen-bond donors (Lipinski definition) is 0. The van der Waals surface area contributed by atoms with Crippen molar-refractivity contribution in [1.29, 1.82) is 0 Å². The molecule has 1 aromatic carbocycles. The van der Waals surface area contributed by atoms with Crippen molar-refractivity contribution >= 4 is 42.4 Å². The number of thioether (sulfide) groups is 1. The molecule has 0 atom stereocenters. The number of nitrogens with zero attached hydrogens (tertiary/aromatic N) is 1. The first-order valence-corrected chi connectivity index (χ1v) is 9.18. The molecule has 0 aliphatic heterocycles. The largest absolute Gasteiger partial charge is 0.490 e. The normalized spacial score (nSPS) is 11.7. The highest BCUT2D eigenvalue weighted by atomic mass is 35.7. The van der Waals surface area contributed by atoms with Gasteiger partial charge in [0.15, 0.2) is 0 Å². The summed E-state index contributed by atoms with van der Waals surface area (Å²) in [6.07, 6.45) is 3.58. The quantitative estimate of drug-likeness (QED) is 0.627. The minimum Gasteiger partial charge on any atom is -0.490 e. The molecule has 0 saturated heterocycles. The van der Waals surface area contributed by atoms with Crippen molar-refractivity contribution in [3.63, 3.8) is 0 Å². The summed E-state index contributed by atoms with van der Waals surface area (Å²) in [6.45, 7) is 0.541. The van der Waals surface area contributed by atoms with Crippen LogP contribution in [0.3, 0.4) is 0 Å². The van der Waals surface area contributed by atoms with Gasteiger partial charge in [0.25, 0.3) is 9.05 Å². The SMILES string of the molecule is CSCCOc1ccc(S(=O)(=O)Cl)c2cccnc12. The van der Waals surface area contributed by atoms with Gasteiger partial charge in [-0.1, -0.05) is 0 Å². The molecule has 19 heavy (non-hydrogen) atoms. The van der Waals surface area contributed by atoms with Gasteiger partial charge in [0.1, 0.15) is 11.3 Å². The molecule has 4 nitrogen and oxygen atoms in total. The van der Waals surface area contributed by atoms with Crippen LogP contribution in [0.25, 0.3) is 10.9 Å². The average molecular weight is 318 g/mol. The molecule has 0 spiro atoms. The summed E-state index contributed by atoms with van der Waals surface area (Å²) in [5.41, 5.74) is 0.505. The van der Waals surface area contributed by atoms with Crippen molar-refractivity contribution in [3.05, 3.63) is 30.5 Å². The Labute approximate surface area is 120 Å². The van der Waals surface area contributed by atoms with Crippen molar-refractivity contribution < 1.29 is 13.2 Å². The number of benzene rings is 1.